The van der Waals surface area contributed by atoms with E-state index in [-0.39, 0.29) is 5.54 Å². The largest absolute Gasteiger partial charge is 0.297 e. The zero-order chi connectivity index (χ0) is 14.3. The van der Waals surface area contributed by atoms with Crippen molar-refractivity contribution in [2.45, 2.75) is 84.2 Å². The Hall–Kier alpha value is -0.120. The SMILES string of the molecule is CC(C)CCCC(NN)C(C)(C)N1CCCCCC1. The molecule has 0 aromatic carbocycles. The molecule has 0 bridgehead atoms. The minimum absolute atomic E-state index is 0.163. The third-order valence-corrected chi connectivity index (χ3v) is 4.75. The van der Waals surface area contributed by atoms with Crippen LogP contribution in [0.2, 0.25) is 0 Å². The Labute approximate surface area is 120 Å². The van der Waals surface area contributed by atoms with Gasteiger partial charge in [0.2, 0.25) is 0 Å². The summed E-state index contributed by atoms with van der Waals surface area (Å²) in [7, 11) is 0. The van der Waals surface area contributed by atoms with E-state index in [9.17, 15) is 0 Å². The Morgan fingerprint density at radius 1 is 1.05 bits per heavy atom. The topological polar surface area (TPSA) is 41.3 Å². The normalized spacial score (nSPS) is 20.5. The average molecular weight is 269 g/mol. The summed E-state index contributed by atoms with van der Waals surface area (Å²) in [6.07, 6.45) is 9.21. The van der Waals surface area contributed by atoms with Crippen LogP contribution in [0.1, 0.15) is 72.6 Å². The van der Waals surface area contributed by atoms with Crippen LogP contribution in [0.3, 0.4) is 0 Å². The second kappa shape index (κ2) is 8.23. The zero-order valence-electron chi connectivity index (χ0n) is 13.5. The summed E-state index contributed by atoms with van der Waals surface area (Å²) in [5, 5.41) is 0. The second-order valence-electron chi connectivity index (χ2n) is 7.10. The Morgan fingerprint density at radius 2 is 1.63 bits per heavy atom. The van der Waals surface area contributed by atoms with Crippen molar-refractivity contribution in [2.24, 2.45) is 11.8 Å². The van der Waals surface area contributed by atoms with Crippen LogP contribution in [0.4, 0.5) is 0 Å². The fraction of sp³-hybridized carbons (Fsp3) is 1.00. The first-order valence-electron chi connectivity index (χ1n) is 8.19. The van der Waals surface area contributed by atoms with E-state index in [1.165, 1.54) is 58.0 Å². The molecule has 19 heavy (non-hydrogen) atoms. The van der Waals surface area contributed by atoms with Gasteiger partial charge in [-0.2, -0.15) is 0 Å². The summed E-state index contributed by atoms with van der Waals surface area (Å²) in [6, 6.07) is 0.393. The molecular weight excluding hydrogens is 234 g/mol. The van der Waals surface area contributed by atoms with Gasteiger partial charge in [-0.1, -0.05) is 39.5 Å². The molecule has 0 spiro atoms. The van der Waals surface area contributed by atoms with E-state index >= 15 is 0 Å². The molecule has 3 N–H and O–H groups in total. The van der Waals surface area contributed by atoms with E-state index in [2.05, 4.69) is 38.0 Å². The molecule has 0 aliphatic carbocycles. The molecule has 0 amide bonds. The third-order valence-electron chi connectivity index (χ3n) is 4.75. The van der Waals surface area contributed by atoms with Crippen molar-refractivity contribution in [3.63, 3.8) is 0 Å². The van der Waals surface area contributed by atoms with E-state index in [0.29, 0.717) is 6.04 Å². The van der Waals surface area contributed by atoms with Gasteiger partial charge in [0.15, 0.2) is 0 Å². The van der Waals surface area contributed by atoms with Crippen LogP contribution < -0.4 is 11.3 Å². The quantitative estimate of drug-likeness (QED) is 0.550. The highest BCUT2D eigenvalue weighted by Crippen LogP contribution is 2.26. The minimum atomic E-state index is 0.163. The molecule has 0 saturated carbocycles. The summed E-state index contributed by atoms with van der Waals surface area (Å²) < 4.78 is 0. The van der Waals surface area contributed by atoms with E-state index in [4.69, 9.17) is 5.84 Å². The highest BCUT2D eigenvalue weighted by atomic mass is 15.3. The maximum Gasteiger partial charge on any atom is 0.0389 e. The lowest BCUT2D eigenvalue weighted by molar-refractivity contribution is 0.0786. The van der Waals surface area contributed by atoms with Gasteiger partial charge in [-0.3, -0.25) is 16.2 Å². The molecule has 0 aromatic heterocycles. The number of hydrogen-bond donors (Lipinski definition) is 2. The van der Waals surface area contributed by atoms with Crippen molar-refractivity contribution in [1.82, 2.24) is 10.3 Å². The highest BCUT2D eigenvalue weighted by molar-refractivity contribution is 4.93. The van der Waals surface area contributed by atoms with Crippen LogP contribution in [0, 0.1) is 5.92 Å². The smallest absolute Gasteiger partial charge is 0.0389 e. The second-order valence-corrected chi connectivity index (χ2v) is 7.10. The zero-order valence-corrected chi connectivity index (χ0v) is 13.5. The standard InChI is InChI=1S/C16H35N3/c1-14(2)10-9-11-15(18-17)16(3,4)19-12-7-5-6-8-13-19/h14-15,18H,5-13,17H2,1-4H3. The third kappa shape index (κ3) is 5.41. The molecule has 1 saturated heterocycles. The fourth-order valence-corrected chi connectivity index (χ4v) is 3.24. The Morgan fingerprint density at radius 3 is 2.11 bits per heavy atom. The molecule has 114 valence electrons. The molecule has 1 rings (SSSR count). The summed E-state index contributed by atoms with van der Waals surface area (Å²) in [6.45, 7) is 11.8. The summed E-state index contributed by atoms with van der Waals surface area (Å²) >= 11 is 0. The van der Waals surface area contributed by atoms with Crippen LogP contribution in [0.25, 0.3) is 0 Å². The predicted octanol–water partition coefficient (Wildman–Crippen LogP) is 3.30. The van der Waals surface area contributed by atoms with Crippen LogP contribution in [-0.2, 0) is 0 Å². The first-order chi connectivity index (χ1) is 8.98. The molecule has 3 nitrogen and oxygen atoms in total. The molecule has 1 fully saturated rings. The maximum atomic E-state index is 5.84. The average Bonchev–Trinajstić information content (AvgIpc) is 2.63. The summed E-state index contributed by atoms with van der Waals surface area (Å²) in [4.78, 5) is 2.65. The lowest BCUT2D eigenvalue weighted by Gasteiger charge is -2.44. The van der Waals surface area contributed by atoms with E-state index < -0.39 is 0 Å². The monoisotopic (exact) mass is 269 g/mol. The number of likely N-dealkylation sites (tertiary alicyclic amines) is 1. The molecule has 0 aromatic rings. The van der Waals surface area contributed by atoms with Gasteiger partial charge in [0.1, 0.15) is 0 Å². The lowest BCUT2D eigenvalue weighted by atomic mass is 9.87. The molecule has 1 aliphatic heterocycles. The van der Waals surface area contributed by atoms with Crippen LogP contribution >= 0.6 is 0 Å². The van der Waals surface area contributed by atoms with Crippen molar-refractivity contribution in [2.75, 3.05) is 13.1 Å². The van der Waals surface area contributed by atoms with Crippen molar-refractivity contribution in [3.8, 4) is 0 Å². The molecule has 3 heteroatoms. The number of hydrazine groups is 1. The molecule has 1 unspecified atom stereocenters. The lowest BCUT2D eigenvalue weighted by Crippen LogP contribution is -2.59. The Balaban J connectivity index is 2.54. The van der Waals surface area contributed by atoms with E-state index in [0.717, 1.165) is 5.92 Å². The molecular formula is C16H35N3. The van der Waals surface area contributed by atoms with Crippen molar-refractivity contribution in [1.29, 1.82) is 0 Å². The summed E-state index contributed by atoms with van der Waals surface area (Å²) in [5.74, 6) is 6.64. The van der Waals surface area contributed by atoms with Gasteiger partial charge in [-0.05, 0) is 52.1 Å². The Kier molecular flexibility index (Phi) is 7.33. The number of nitrogens with one attached hydrogen (secondary N) is 1. The highest BCUT2D eigenvalue weighted by Gasteiger charge is 2.34. The van der Waals surface area contributed by atoms with Gasteiger partial charge in [0.05, 0.1) is 0 Å². The van der Waals surface area contributed by atoms with Crippen LogP contribution in [0.15, 0.2) is 0 Å². The number of nitrogens with zero attached hydrogens (tertiary/aromatic N) is 1. The maximum absolute atomic E-state index is 5.84. The molecule has 1 atom stereocenters. The van der Waals surface area contributed by atoms with E-state index in [1.807, 2.05) is 0 Å². The van der Waals surface area contributed by atoms with Gasteiger partial charge in [0, 0.05) is 11.6 Å². The minimum Gasteiger partial charge on any atom is -0.297 e. The number of rotatable bonds is 7. The number of nitrogens with two attached hydrogens (primary N) is 1. The van der Waals surface area contributed by atoms with Crippen LogP contribution in [-0.4, -0.2) is 29.6 Å². The van der Waals surface area contributed by atoms with Gasteiger partial charge >= 0.3 is 0 Å². The summed E-state index contributed by atoms with van der Waals surface area (Å²) in [5.41, 5.74) is 3.25. The van der Waals surface area contributed by atoms with Gasteiger partial charge in [0.25, 0.3) is 0 Å². The Bertz CT molecular complexity index is 230. The van der Waals surface area contributed by atoms with E-state index in [1.54, 1.807) is 0 Å². The van der Waals surface area contributed by atoms with Gasteiger partial charge in [-0.15, -0.1) is 0 Å². The van der Waals surface area contributed by atoms with Gasteiger partial charge < -0.3 is 0 Å². The van der Waals surface area contributed by atoms with Crippen molar-refractivity contribution >= 4 is 0 Å². The predicted molar refractivity (Wildman–Crippen MR) is 83.9 cm³/mol. The molecule has 1 aliphatic rings. The fourth-order valence-electron chi connectivity index (χ4n) is 3.24. The first kappa shape index (κ1) is 16.9. The van der Waals surface area contributed by atoms with Crippen molar-refractivity contribution < 1.29 is 0 Å². The molecule has 1 heterocycles. The van der Waals surface area contributed by atoms with Gasteiger partial charge in [-0.25, -0.2) is 0 Å². The molecule has 0 radical (unpaired) electrons. The van der Waals surface area contributed by atoms with Crippen molar-refractivity contribution in [3.05, 3.63) is 0 Å². The number of hydrogen-bond acceptors (Lipinski definition) is 3. The van der Waals surface area contributed by atoms with Crippen LogP contribution in [0.5, 0.6) is 0 Å². The first-order valence-corrected chi connectivity index (χ1v) is 8.19.